The molecule has 1 aliphatic rings. The number of aliphatic hydroxyl groups excluding tert-OH is 1. The highest BCUT2D eigenvalue weighted by molar-refractivity contribution is 6.07. The first-order valence-electron chi connectivity index (χ1n) is 9.24. The summed E-state index contributed by atoms with van der Waals surface area (Å²) in [7, 11) is 1.26. The number of hydrogen-bond donors (Lipinski definition) is 2. The lowest BCUT2D eigenvalue weighted by Crippen LogP contribution is -2.43. The van der Waals surface area contributed by atoms with Crippen LogP contribution < -0.4 is 10.1 Å². The van der Waals surface area contributed by atoms with Crippen LogP contribution in [0.15, 0.2) is 42.5 Å². The Morgan fingerprint density at radius 3 is 2.52 bits per heavy atom. The van der Waals surface area contributed by atoms with Crippen molar-refractivity contribution in [1.29, 1.82) is 0 Å². The third-order valence-corrected chi connectivity index (χ3v) is 4.85. The number of imide groups is 1. The van der Waals surface area contributed by atoms with E-state index >= 15 is 0 Å². The standard InChI is InChI=1S/C21H20F2N2O6/c1-21(16-9-13(22)5-8-17(16)23)19(28)25(20(29)24-21)10-14(26)11-31-15-6-3-12(4-7-15)18(27)30-2/h3-9,14,26H,10-11H2,1-2H3,(H,24,29). The van der Waals surface area contributed by atoms with Crippen molar-refractivity contribution in [2.45, 2.75) is 18.6 Å². The fourth-order valence-electron chi connectivity index (χ4n) is 3.19. The van der Waals surface area contributed by atoms with E-state index in [2.05, 4.69) is 10.1 Å². The van der Waals surface area contributed by atoms with Gasteiger partial charge < -0.3 is 19.9 Å². The van der Waals surface area contributed by atoms with E-state index in [9.17, 15) is 28.3 Å². The minimum atomic E-state index is -1.81. The van der Waals surface area contributed by atoms with Crippen LogP contribution in [0.1, 0.15) is 22.8 Å². The fourth-order valence-corrected chi connectivity index (χ4v) is 3.19. The van der Waals surface area contributed by atoms with Gasteiger partial charge in [-0.3, -0.25) is 9.69 Å². The Morgan fingerprint density at radius 1 is 1.19 bits per heavy atom. The van der Waals surface area contributed by atoms with Crippen LogP contribution in [-0.4, -0.2) is 54.3 Å². The zero-order chi connectivity index (χ0) is 22.8. The summed E-state index contributed by atoms with van der Waals surface area (Å²) in [6, 6.07) is 7.71. The summed E-state index contributed by atoms with van der Waals surface area (Å²) in [5, 5.41) is 12.6. The third-order valence-electron chi connectivity index (χ3n) is 4.85. The number of aliphatic hydroxyl groups is 1. The predicted molar refractivity (Wildman–Crippen MR) is 103 cm³/mol. The van der Waals surface area contributed by atoms with Crippen LogP contribution in [-0.2, 0) is 15.1 Å². The Hall–Kier alpha value is -3.53. The molecule has 3 rings (SSSR count). The van der Waals surface area contributed by atoms with Crippen molar-refractivity contribution < 1.29 is 37.7 Å². The molecule has 0 aromatic heterocycles. The number of esters is 1. The van der Waals surface area contributed by atoms with E-state index < -0.39 is 47.7 Å². The summed E-state index contributed by atoms with van der Waals surface area (Å²) in [5.74, 6) is -2.61. The Balaban J connectivity index is 1.64. The quantitative estimate of drug-likeness (QED) is 0.510. The number of urea groups is 1. The highest BCUT2D eigenvalue weighted by Gasteiger charge is 2.50. The first kappa shape index (κ1) is 22.2. The fraction of sp³-hybridized carbons (Fsp3) is 0.286. The van der Waals surface area contributed by atoms with Gasteiger partial charge in [0.1, 0.15) is 35.6 Å². The molecule has 0 aliphatic carbocycles. The maximum atomic E-state index is 14.2. The molecule has 0 spiro atoms. The van der Waals surface area contributed by atoms with Crippen molar-refractivity contribution in [2.75, 3.05) is 20.3 Å². The molecule has 10 heteroatoms. The molecule has 164 valence electrons. The molecule has 2 aromatic carbocycles. The Morgan fingerprint density at radius 2 is 1.87 bits per heavy atom. The molecule has 2 atom stereocenters. The number of hydrogen-bond acceptors (Lipinski definition) is 6. The number of ether oxygens (including phenoxy) is 2. The van der Waals surface area contributed by atoms with Crippen LogP contribution in [0.4, 0.5) is 13.6 Å². The van der Waals surface area contributed by atoms with Crippen LogP contribution in [0.25, 0.3) is 0 Å². The molecule has 2 unspecified atom stereocenters. The van der Waals surface area contributed by atoms with Gasteiger partial charge in [0.15, 0.2) is 0 Å². The monoisotopic (exact) mass is 434 g/mol. The van der Waals surface area contributed by atoms with Gasteiger partial charge in [0, 0.05) is 5.56 Å². The number of methoxy groups -OCH3 is 1. The van der Waals surface area contributed by atoms with Crippen LogP contribution >= 0.6 is 0 Å². The van der Waals surface area contributed by atoms with E-state index in [-0.39, 0.29) is 12.2 Å². The van der Waals surface area contributed by atoms with Gasteiger partial charge in [-0.25, -0.2) is 18.4 Å². The normalized spacial score (nSPS) is 19.2. The molecule has 1 saturated heterocycles. The second kappa shape index (κ2) is 8.68. The van der Waals surface area contributed by atoms with E-state index in [1.54, 1.807) is 0 Å². The van der Waals surface area contributed by atoms with Gasteiger partial charge in [0.05, 0.1) is 19.2 Å². The van der Waals surface area contributed by atoms with Crippen LogP contribution in [0.3, 0.4) is 0 Å². The van der Waals surface area contributed by atoms with E-state index in [1.165, 1.54) is 38.3 Å². The number of carbonyl (C=O) groups is 3. The minimum absolute atomic E-state index is 0.264. The first-order chi connectivity index (χ1) is 14.7. The minimum Gasteiger partial charge on any atom is -0.491 e. The molecule has 31 heavy (non-hydrogen) atoms. The number of β-amino-alcohol motifs (C(OH)–C–C–N with tert-alkyl or cyclic N) is 1. The molecule has 3 amide bonds. The lowest BCUT2D eigenvalue weighted by molar-refractivity contribution is -0.132. The van der Waals surface area contributed by atoms with Crippen molar-refractivity contribution in [1.82, 2.24) is 10.2 Å². The number of nitrogens with zero attached hydrogens (tertiary/aromatic N) is 1. The lowest BCUT2D eigenvalue weighted by atomic mass is 9.91. The van der Waals surface area contributed by atoms with Crippen molar-refractivity contribution >= 4 is 17.9 Å². The van der Waals surface area contributed by atoms with Crippen LogP contribution in [0.2, 0.25) is 0 Å². The second-order valence-electron chi connectivity index (χ2n) is 7.08. The number of halogens is 2. The van der Waals surface area contributed by atoms with Gasteiger partial charge in [-0.2, -0.15) is 0 Å². The number of carbonyl (C=O) groups excluding carboxylic acids is 3. The Labute approximate surface area is 176 Å². The van der Waals surface area contributed by atoms with Gasteiger partial charge in [-0.15, -0.1) is 0 Å². The summed E-state index contributed by atoms with van der Waals surface area (Å²) >= 11 is 0. The van der Waals surface area contributed by atoms with Gasteiger partial charge in [-0.05, 0) is 49.4 Å². The molecule has 2 N–H and O–H groups in total. The number of amides is 3. The average Bonchev–Trinajstić information content (AvgIpc) is 2.97. The molecule has 2 aromatic rings. The van der Waals surface area contributed by atoms with Crippen LogP contribution in [0, 0.1) is 11.6 Å². The molecule has 1 aliphatic heterocycles. The lowest BCUT2D eigenvalue weighted by Gasteiger charge is -2.23. The van der Waals surface area contributed by atoms with E-state index in [0.29, 0.717) is 11.3 Å². The van der Waals surface area contributed by atoms with Gasteiger partial charge in [0.2, 0.25) is 0 Å². The number of rotatable bonds is 7. The molecule has 0 radical (unpaired) electrons. The van der Waals surface area contributed by atoms with Gasteiger partial charge in [0.25, 0.3) is 5.91 Å². The van der Waals surface area contributed by atoms with Crippen molar-refractivity contribution in [3.8, 4) is 5.75 Å². The molecule has 8 nitrogen and oxygen atoms in total. The zero-order valence-electron chi connectivity index (χ0n) is 16.7. The smallest absolute Gasteiger partial charge is 0.337 e. The number of benzene rings is 2. The Kier molecular flexibility index (Phi) is 6.21. The third kappa shape index (κ3) is 4.48. The molecular weight excluding hydrogens is 414 g/mol. The molecule has 0 saturated carbocycles. The highest BCUT2D eigenvalue weighted by atomic mass is 19.1. The topological polar surface area (TPSA) is 105 Å². The predicted octanol–water partition coefficient (Wildman–Crippen LogP) is 1.96. The van der Waals surface area contributed by atoms with Gasteiger partial charge in [-0.1, -0.05) is 0 Å². The van der Waals surface area contributed by atoms with E-state index in [0.717, 1.165) is 23.1 Å². The van der Waals surface area contributed by atoms with Crippen LogP contribution in [0.5, 0.6) is 5.75 Å². The summed E-state index contributed by atoms with van der Waals surface area (Å²) in [5.41, 5.74) is -1.81. The average molecular weight is 434 g/mol. The highest BCUT2D eigenvalue weighted by Crippen LogP contribution is 2.31. The molecular formula is C21H20F2N2O6. The Bertz CT molecular complexity index is 1010. The molecule has 1 fully saturated rings. The van der Waals surface area contributed by atoms with Crippen molar-refractivity contribution in [3.63, 3.8) is 0 Å². The van der Waals surface area contributed by atoms with Crippen molar-refractivity contribution in [3.05, 3.63) is 65.2 Å². The summed E-state index contributed by atoms with van der Waals surface area (Å²) in [6.07, 6.45) is -1.25. The zero-order valence-corrected chi connectivity index (χ0v) is 16.7. The number of nitrogens with one attached hydrogen (secondary N) is 1. The van der Waals surface area contributed by atoms with Crippen molar-refractivity contribution in [2.24, 2.45) is 0 Å². The molecule has 0 bridgehead atoms. The van der Waals surface area contributed by atoms with E-state index in [4.69, 9.17) is 4.74 Å². The maximum absolute atomic E-state index is 14.2. The largest absolute Gasteiger partial charge is 0.491 e. The summed E-state index contributed by atoms with van der Waals surface area (Å²) in [4.78, 5) is 37.2. The summed E-state index contributed by atoms with van der Waals surface area (Å²) < 4.78 is 37.7. The first-order valence-corrected chi connectivity index (χ1v) is 9.24. The second-order valence-corrected chi connectivity index (χ2v) is 7.08. The SMILES string of the molecule is COC(=O)c1ccc(OCC(O)CN2C(=O)NC(C)(c3cc(F)ccc3F)C2=O)cc1. The summed E-state index contributed by atoms with van der Waals surface area (Å²) in [6.45, 7) is 0.577. The maximum Gasteiger partial charge on any atom is 0.337 e. The van der Waals surface area contributed by atoms with E-state index in [1.807, 2.05) is 0 Å². The van der Waals surface area contributed by atoms with Gasteiger partial charge >= 0.3 is 12.0 Å². The molecule has 1 heterocycles.